The number of hydrogen-bond acceptors (Lipinski definition) is 3. The van der Waals surface area contributed by atoms with E-state index in [1.807, 2.05) is 0 Å². The minimum Gasteiger partial charge on any atom is -0.317 e. The maximum absolute atomic E-state index is 14.1. The third kappa shape index (κ3) is 3.47. The van der Waals surface area contributed by atoms with E-state index in [1.165, 1.54) is 11.2 Å². The van der Waals surface area contributed by atoms with E-state index in [0.29, 0.717) is 6.42 Å². The Morgan fingerprint density at radius 3 is 2.64 bits per heavy atom. The van der Waals surface area contributed by atoms with Crippen molar-refractivity contribution in [1.82, 2.24) is 9.62 Å². The summed E-state index contributed by atoms with van der Waals surface area (Å²) in [5, 5.41) is 3.22. The first-order valence-electron chi connectivity index (χ1n) is 7.56. The number of halogens is 2. The van der Waals surface area contributed by atoms with Gasteiger partial charge in [0.25, 0.3) is 0 Å². The van der Waals surface area contributed by atoms with Crippen molar-refractivity contribution in [3.05, 3.63) is 29.3 Å². The van der Waals surface area contributed by atoms with Gasteiger partial charge in [-0.15, -0.1) is 0 Å². The van der Waals surface area contributed by atoms with Crippen LogP contribution >= 0.6 is 0 Å². The van der Waals surface area contributed by atoms with Crippen molar-refractivity contribution in [2.75, 3.05) is 19.6 Å². The molecule has 1 heterocycles. The van der Waals surface area contributed by atoms with Gasteiger partial charge in [0.05, 0.1) is 0 Å². The van der Waals surface area contributed by atoms with Gasteiger partial charge in [0, 0.05) is 12.6 Å². The van der Waals surface area contributed by atoms with Crippen LogP contribution in [0.25, 0.3) is 0 Å². The molecule has 1 saturated heterocycles. The molecule has 1 fully saturated rings. The maximum atomic E-state index is 14.1. The molecule has 124 valence electrons. The fraction of sp³-hybridized carbons (Fsp3) is 0.600. The highest BCUT2D eigenvalue weighted by Gasteiger charge is 2.33. The molecular weight excluding hydrogens is 310 g/mol. The van der Waals surface area contributed by atoms with Crippen LogP contribution < -0.4 is 5.32 Å². The van der Waals surface area contributed by atoms with Gasteiger partial charge in [-0.25, -0.2) is 17.2 Å². The molecule has 0 aromatic heterocycles. The third-order valence-electron chi connectivity index (χ3n) is 4.06. The molecule has 0 amide bonds. The van der Waals surface area contributed by atoms with Crippen molar-refractivity contribution < 1.29 is 17.2 Å². The number of hydrogen-bond donors (Lipinski definition) is 1. The van der Waals surface area contributed by atoms with Crippen LogP contribution in [0.2, 0.25) is 0 Å². The molecule has 1 aliphatic rings. The smallest absolute Gasteiger partial charge is 0.246 e. The Hall–Kier alpha value is -1.05. The minimum atomic E-state index is -4.05. The highest BCUT2D eigenvalue weighted by Crippen LogP contribution is 2.26. The first kappa shape index (κ1) is 17.3. The topological polar surface area (TPSA) is 49.4 Å². The van der Waals surface area contributed by atoms with Crippen molar-refractivity contribution in [2.45, 2.75) is 44.0 Å². The van der Waals surface area contributed by atoms with Crippen LogP contribution in [0.4, 0.5) is 8.78 Å². The first-order valence-corrected chi connectivity index (χ1v) is 9.00. The first-order chi connectivity index (χ1) is 10.4. The second kappa shape index (κ2) is 7.02. The van der Waals surface area contributed by atoms with Crippen LogP contribution in [0.1, 0.15) is 31.7 Å². The van der Waals surface area contributed by atoms with Gasteiger partial charge in [0.15, 0.2) is 0 Å². The van der Waals surface area contributed by atoms with Gasteiger partial charge >= 0.3 is 0 Å². The molecule has 0 spiro atoms. The van der Waals surface area contributed by atoms with E-state index in [2.05, 4.69) is 5.32 Å². The van der Waals surface area contributed by atoms with Gasteiger partial charge in [-0.05, 0) is 57.0 Å². The quantitative estimate of drug-likeness (QED) is 0.921. The summed E-state index contributed by atoms with van der Waals surface area (Å²) in [5.41, 5.74) is 0.0955. The maximum Gasteiger partial charge on any atom is 0.246 e. The van der Waals surface area contributed by atoms with Crippen molar-refractivity contribution in [2.24, 2.45) is 0 Å². The number of aryl methyl sites for hydroxylation is 1. The van der Waals surface area contributed by atoms with E-state index in [-0.39, 0.29) is 18.2 Å². The lowest BCUT2D eigenvalue weighted by atomic mass is 10.1. The molecule has 0 bridgehead atoms. The lowest BCUT2D eigenvalue weighted by molar-refractivity contribution is 0.306. The molecule has 0 radical (unpaired) electrons. The van der Waals surface area contributed by atoms with Crippen molar-refractivity contribution in [3.63, 3.8) is 0 Å². The molecular formula is C15H22F2N2O2S. The molecule has 0 aliphatic carbocycles. The van der Waals surface area contributed by atoms with Crippen LogP contribution in [0.15, 0.2) is 17.0 Å². The Morgan fingerprint density at radius 1 is 1.23 bits per heavy atom. The number of rotatable bonds is 4. The van der Waals surface area contributed by atoms with Gasteiger partial charge in [0.2, 0.25) is 10.0 Å². The molecule has 1 unspecified atom stereocenters. The number of nitrogens with zero attached hydrogens (tertiary/aromatic N) is 1. The molecule has 22 heavy (non-hydrogen) atoms. The monoisotopic (exact) mass is 332 g/mol. The van der Waals surface area contributed by atoms with Gasteiger partial charge in [0.1, 0.15) is 16.5 Å². The fourth-order valence-electron chi connectivity index (χ4n) is 2.87. The van der Waals surface area contributed by atoms with Gasteiger partial charge < -0.3 is 5.32 Å². The van der Waals surface area contributed by atoms with Crippen molar-refractivity contribution in [3.8, 4) is 0 Å². The van der Waals surface area contributed by atoms with E-state index in [0.717, 1.165) is 38.1 Å². The van der Waals surface area contributed by atoms with E-state index in [1.54, 1.807) is 6.92 Å². The van der Waals surface area contributed by atoms with Crippen LogP contribution in [0.3, 0.4) is 0 Å². The van der Waals surface area contributed by atoms with E-state index >= 15 is 0 Å². The van der Waals surface area contributed by atoms with Crippen molar-refractivity contribution >= 4 is 10.0 Å². The number of benzene rings is 1. The zero-order valence-corrected chi connectivity index (χ0v) is 13.7. The van der Waals surface area contributed by atoms with Crippen LogP contribution in [-0.4, -0.2) is 38.4 Å². The molecule has 1 atom stereocenters. The molecule has 1 N–H and O–H groups in total. The molecule has 0 saturated carbocycles. The van der Waals surface area contributed by atoms with Crippen molar-refractivity contribution in [1.29, 1.82) is 0 Å². The van der Waals surface area contributed by atoms with E-state index in [9.17, 15) is 17.2 Å². The Kier molecular flexibility index (Phi) is 5.52. The van der Waals surface area contributed by atoms with Gasteiger partial charge in [-0.2, -0.15) is 4.31 Å². The zero-order chi connectivity index (χ0) is 16.3. The largest absolute Gasteiger partial charge is 0.317 e. The van der Waals surface area contributed by atoms with E-state index in [4.69, 9.17) is 0 Å². The summed E-state index contributed by atoms with van der Waals surface area (Å²) in [5.74, 6) is -1.61. The number of nitrogens with one attached hydrogen (secondary N) is 1. The molecule has 4 nitrogen and oxygen atoms in total. The highest BCUT2D eigenvalue weighted by atomic mass is 32.2. The molecule has 1 aromatic carbocycles. The Bertz CT molecular complexity index is 627. The lowest BCUT2D eigenvalue weighted by Crippen LogP contribution is -2.41. The van der Waals surface area contributed by atoms with Crippen LogP contribution in [-0.2, 0) is 10.0 Å². The normalized spacial score (nSPS) is 20.1. The highest BCUT2D eigenvalue weighted by molar-refractivity contribution is 7.89. The zero-order valence-electron chi connectivity index (χ0n) is 12.9. The minimum absolute atomic E-state index is 0.0955. The van der Waals surface area contributed by atoms with Crippen LogP contribution in [0.5, 0.6) is 0 Å². The lowest BCUT2D eigenvalue weighted by Gasteiger charge is -2.29. The third-order valence-corrected chi connectivity index (χ3v) is 6.11. The Labute approximate surface area is 130 Å². The van der Waals surface area contributed by atoms with Gasteiger partial charge in [-0.1, -0.05) is 6.92 Å². The molecule has 2 rings (SSSR count). The SMILES string of the molecule is CCN(C1CCCNCC1)S(=O)(=O)c1cc(F)c(C)cc1F. The molecule has 1 aromatic rings. The predicted molar refractivity (Wildman–Crippen MR) is 81.2 cm³/mol. The fourth-order valence-corrected chi connectivity index (χ4v) is 4.62. The number of sulfonamides is 1. The molecule has 7 heteroatoms. The summed E-state index contributed by atoms with van der Waals surface area (Å²) in [7, 11) is -4.05. The van der Waals surface area contributed by atoms with Gasteiger partial charge in [-0.3, -0.25) is 0 Å². The second-order valence-electron chi connectivity index (χ2n) is 5.57. The van der Waals surface area contributed by atoms with E-state index < -0.39 is 26.6 Å². The summed E-state index contributed by atoms with van der Waals surface area (Å²) < 4.78 is 54.6. The Balaban J connectivity index is 2.40. The summed E-state index contributed by atoms with van der Waals surface area (Å²) in [6, 6.07) is 1.54. The Morgan fingerprint density at radius 2 is 1.95 bits per heavy atom. The standard InChI is InChI=1S/C15H22F2N2O2S/c1-3-19(12-5-4-7-18-8-6-12)22(20,21)15-10-13(16)11(2)9-14(15)17/h9-10,12,18H,3-8H2,1-2H3. The predicted octanol–water partition coefficient (Wildman–Crippen LogP) is 2.43. The average molecular weight is 332 g/mol. The van der Waals surface area contributed by atoms with Crippen LogP contribution in [0, 0.1) is 18.6 Å². The summed E-state index contributed by atoms with van der Waals surface area (Å²) in [6.07, 6.45) is 2.25. The average Bonchev–Trinajstić information content (AvgIpc) is 2.72. The summed E-state index contributed by atoms with van der Waals surface area (Å²) in [6.45, 7) is 4.94. The summed E-state index contributed by atoms with van der Waals surface area (Å²) >= 11 is 0. The molecule has 1 aliphatic heterocycles. The second-order valence-corrected chi connectivity index (χ2v) is 7.43. The summed E-state index contributed by atoms with van der Waals surface area (Å²) in [4.78, 5) is -0.574.